The topological polar surface area (TPSA) is 55.8 Å². The number of carboxylic acids is 1. The normalized spacial score (nSPS) is 11.7. The Morgan fingerprint density at radius 2 is 1.87 bits per heavy atom. The van der Waals surface area contributed by atoms with Crippen molar-refractivity contribution in [2.45, 2.75) is 25.7 Å². The summed E-state index contributed by atoms with van der Waals surface area (Å²) in [5.74, 6) is 0.0603. The smallest absolute Gasteiger partial charge is 0.311 e. The van der Waals surface area contributed by atoms with E-state index < -0.39 is 11.9 Å². The molecule has 0 saturated carbocycles. The van der Waals surface area contributed by atoms with Crippen LogP contribution >= 0.6 is 0 Å². The van der Waals surface area contributed by atoms with Crippen LogP contribution in [-0.2, 0) is 11.2 Å². The molecule has 1 atom stereocenters. The molecule has 0 aliphatic rings. The van der Waals surface area contributed by atoms with E-state index in [0.29, 0.717) is 18.8 Å². The molecule has 1 unspecified atom stereocenters. The van der Waals surface area contributed by atoms with Gasteiger partial charge in [0.25, 0.3) is 0 Å². The molecule has 0 amide bonds. The van der Waals surface area contributed by atoms with Gasteiger partial charge in [-0.3, -0.25) is 4.79 Å². The van der Waals surface area contributed by atoms with E-state index >= 15 is 0 Å². The number of aliphatic carboxylic acids is 1. The summed E-state index contributed by atoms with van der Waals surface area (Å²) < 4.78 is 10.8. The Morgan fingerprint density at radius 1 is 1.13 bits per heavy atom. The van der Waals surface area contributed by atoms with Gasteiger partial charge in [-0.15, -0.1) is 0 Å². The molecule has 0 saturated heterocycles. The fourth-order valence-electron chi connectivity index (χ4n) is 2.42. The quantitative estimate of drug-likeness (QED) is 0.803. The highest BCUT2D eigenvalue weighted by molar-refractivity contribution is 5.76. The first-order chi connectivity index (χ1) is 11.1. The Bertz CT molecular complexity index is 634. The summed E-state index contributed by atoms with van der Waals surface area (Å²) in [6.45, 7) is 2.44. The van der Waals surface area contributed by atoms with Crippen molar-refractivity contribution in [2.75, 3.05) is 13.7 Å². The minimum Gasteiger partial charge on any atom is -0.497 e. The molecule has 0 spiro atoms. The minimum absolute atomic E-state index is 0.357. The van der Waals surface area contributed by atoms with Crippen LogP contribution in [0.1, 0.15) is 30.4 Å². The number of hydrogen-bond acceptors (Lipinski definition) is 3. The molecule has 122 valence electrons. The van der Waals surface area contributed by atoms with Crippen molar-refractivity contribution >= 4 is 5.97 Å². The fraction of sp³-hybridized carbons (Fsp3) is 0.316. The molecule has 23 heavy (non-hydrogen) atoms. The second-order valence-corrected chi connectivity index (χ2v) is 5.30. The van der Waals surface area contributed by atoms with E-state index in [1.54, 1.807) is 31.4 Å². The zero-order chi connectivity index (χ0) is 16.7. The molecule has 4 nitrogen and oxygen atoms in total. The third-order valence-electron chi connectivity index (χ3n) is 3.80. The monoisotopic (exact) mass is 314 g/mol. The van der Waals surface area contributed by atoms with Gasteiger partial charge in [0.15, 0.2) is 0 Å². The van der Waals surface area contributed by atoms with Gasteiger partial charge in [-0.2, -0.15) is 0 Å². The lowest BCUT2D eigenvalue weighted by molar-refractivity contribution is -0.139. The van der Waals surface area contributed by atoms with Crippen LogP contribution in [-0.4, -0.2) is 24.8 Å². The lowest BCUT2D eigenvalue weighted by atomic mass is 9.96. The first kappa shape index (κ1) is 16.9. The number of ether oxygens (including phenoxy) is 2. The summed E-state index contributed by atoms with van der Waals surface area (Å²) in [7, 11) is 1.59. The van der Waals surface area contributed by atoms with Crippen molar-refractivity contribution in [3.63, 3.8) is 0 Å². The summed E-state index contributed by atoms with van der Waals surface area (Å²) in [6.07, 6.45) is 1.36. The largest absolute Gasteiger partial charge is 0.497 e. The van der Waals surface area contributed by atoms with E-state index in [9.17, 15) is 9.90 Å². The van der Waals surface area contributed by atoms with E-state index in [1.165, 1.54) is 5.56 Å². The number of carbonyl (C=O) groups is 1. The van der Waals surface area contributed by atoms with E-state index in [-0.39, 0.29) is 0 Å². The molecule has 0 aliphatic carbocycles. The number of methoxy groups -OCH3 is 1. The van der Waals surface area contributed by atoms with Crippen molar-refractivity contribution in [2.24, 2.45) is 0 Å². The van der Waals surface area contributed by atoms with Crippen LogP contribution in [0.3, 0.4) is 0 Å². The molecule has 0 fully saturated rings. The summed E-state index contributed by atoms with van der Waals surface area (Å²) in [5.41, 5.74) is 1.96. The number of carboxylic acid groups (broad SMARTS) is 1. The van der Waals surface area contributed by atoms with Crippen LogP contribution < -0.4 is 9.47 Å². The average Bonchev–Trinajstić information content (AvgIpc) is 2.59. The van der Waals surface area contributed by atoms with E-state index in [0.717, 1.165) is 17.7 Å². The zero-order valence-electron chi connectivity index (χ0n) is 13.5. The Morgan fingerprint density at radius 3 is 2.48 bits per heavy atom. The molecule has 0 aromatic heterocycles. The lowest BCUT2D eigenvalue weighted by Crippen LogP contribution is -2.15. The first-order valence-electron chi connectivity index (χ1n) is 7.72. The van der Waals surface area contributed by atoms with Gasteiger partial charge >= 0.3 is 5.97 Å². The van der Waals surface area contributed by atoms with Crippen LogP contribution in [0, 0.1) is 0 Å². The molecule has 0 heterocycles. The van der Waals surface area contributed by atoms with Crippen LogP contribution in [0.4, 0.5) is 0 Å². The lowest BCUT2D eigenvalue weighted by Gasteiger charge is -2.14. The minimum atomic E-state index is -0.846. The molecule has 1 N–H and O–H groups in total. The predicted molar refractivity (Wildman–Crippen MR) is 89.3 cm³/mol. The molecule has 2 rings (SSSR count). The van der Waals surface area contributed by atoms with Crippen LogP contribution in [0.5, 0.6) is 11.5 Å². The fourth-order valence-corrected chi connectivity index (χ4v) is 2.42. The third-order valence-corrected chi connectivity index (χ3v) is 3.80. The van der Waals surface area contributed by atoms with Crippen molar-refractivity contribution in [1.82, 2.24) is 0 Å². The summed E-state index contributed by atoms with van der Waals surface area (Å²) in [6, 6.07) is 15.0. The van der Waals surface area contributed by atoms with Gasteiger partial charge in [-0.05, 0) is 48.2 Å². The Balaban J connectivity index is 1.97. The summed E-state index contributed by atoms with van der Waals surface area (Å²) in [4.78, 5) is 11.5. The third kappa shape index (κ3) is 4.74. The second kappa shape index (κ2) is 8.22. The molecule has 2 aromatic rings. The Labute approximate surface area is 136 Å². The van der Waals surface area contributed by atoms with Crippen molar-refractivity contribution in [3.8, 4) is 11.5 Å². The van der Waals surface area contributed by atoms with Crippen molar-refractivity contribution < 1.29 is 19.4 Å². The average molecular weight is 314 g/mol. The number of rotatable bonds is 8. The van der Waals surface area contributed by atoms with E-state index in [4.69, 9.17) is 9.47 Å². The molecule has 0 bridgehead atoms. The molecular weight excluding hydrogens is 292 g/mol. The van der Waals surface area contributed by atoms with Gasteiger partial charge in [-0.1, -0.05) is 31.2 Å². The molecule has 0 aliphatic heterocycles. The highest BCUT2D eigenvalue weighted by Crippen LogP contribution is 2.23. The highest BCUT2D eigenvalue weighted by Gasteiger charge is 2.19. The number of aryl methyl sites for hydroxylation is 1. The zero-order valence-corrected chi connectivity index (χ0v) is 13.5. The van der Waals surface area contributed by atoms with Gasteiger partial charge in [0.05, 0.1) is 19.6 Å². The molecule has 0 radical (unpaired) electrons. The van der Waals surface area contributed by atoms with Gasteiger partial charge in [-0.25, -0.2) is 0 Å². The number of hydrogen-bond donors (Lipinski definition) is 1. The van der Waals surface area contributed by atoms with Crippen LogP contribution in [0.25, 0.3) is 0 Å². The first-order valence-corrected chi connectivity index (χ1v) is 7.72. The van der Waals surface area contributed by atoms with E-state index in [2.05, 4.69) is 6.92 Å². The molecular formula is C19H22O4. The van der Waals surface area contributed by atoms with Crippen molar-refractivity contribution in [3.05, 3.63) is 59.7 Å². The summed E-state index contributed by atoms with van der Waals surface area (Å²) >= 11 is 0. The highest BCUT2D eigenvalue weighted by atomic mass is 16.5. The maximum absolute atomic E-state index is 11.5. The maximum atomic E-state index is 11.5. The van der Waals surface area contributed by atoms with Gasteiger partial charge in [0.2, 0.25) is 0 Å². The summed E-state index contributed by atoms with van der Waals surface area (Å²) in [5, 5.41) is 9.45. The van der Waals surface area contributed by atoms with Crippen molar-refractivity contribution in [1.29, 1.82) is 0 Å². The predicted octanol–water partition coefficient (Wildman–Crippen LogP) is 3.89. The van der Waals surface area contributed by atoms with Crippen LogP contribution in [0.2, 0.25) is 0 Å². The molecule has 4 heteroatoms. The molecule has 2 aromatic carbocycles. The van der Waals surface area contributed by atoms with Gasteiger partial charge < -0.3 is 14.6 Å². The van der Waals surface area contributed by atoms with Gasteiger partial charge in [0, 0.05) is 0 Å². The Kier molecular flexibility index (Phi) is 6.03. The van der Waals surface area contributed by atoms with E-state index in [1.807, 2.05) is 24.3 Å². The second-order valence-electron chi connectivity index (χ2n) is 5.30. The maximum Gasteiger partial charge on any atom is 0.311 e. The van der Waals surface area contributed by atoms with Crippen LogP contribution in [0.15, 0.2) is 48.5 Å². The van der Waals surface area contributed by atoms with Gasteiger partial charge in [0.1, 0.15) is 11.5 Å². The number of benzene rings is 2. The SMILES string of the molecule is CCc1cccc(OCCC(C(=O)O)c2ccc(OC)cc2)c1. The Hall–Kier alpha value is -2.49. The standard InChI is InChI=1S/C19H22O4/c1-3-14-5-4-6-17(13-14)23-12-11-18(19(20)21)15-7-9-16(22-2)10-8-15/h4-10,13,18H,3,11-12H2,1-2H3,(H,20,21).